The van der Waals surface area contributed by atoms with Gasteiger partial charge >= 0.3 is 5.97 Å². The predicted octanol–water partition coefficient (Wildman–Crippen LogP) is 1.94. The van der Waals surface area contributed by atoms with E-state index in [0.717, 1.165) is 18.5 Å². The molecule has 1 spiro atoms. The molecule has 2 aliphatic heterocycles. The summed E-state index contributed by atoms with van der Waals surface area (Å²) in [6, 6.07) is 6.26. The monoisotopic (exact) mass is 408 g/mol. The van der Waals surface area contributed by atoms with Crippen molar-refractivity contribution in [3.05, 3.63) is 35.6 Å². The van der Waals surface area contributed by atoms with E-state index in [1.165, 1.54) is 12.1 Å². The largest absolute Gasteiger partial charge is 0.483 e. The number of piperidine rings is 1. The van der Waals surface area contributed by atoms with Crippen molar-refractivity contribution in [3.8, 4) is 0 Å². The highest BCUT2D eigenvalue weighted by Gasteiger charge is 2.50. The zero-order chi connectivity index (χ0) is 21.4. The highest BCUT2D eigenvalue weighted by atomic mass is 19.1. The van der Waals surface area contributed by atoms with Crippen LogP contribution in [0.1, 0.15) is 31.2 Å². The second-order valence-electron chi connectivity index (χ2n) is 7.89. The summed E-state index contributed by atoms with van der Waals surface area (Å²) in [5, 5.41) is 6.89. The number of aryl methyl sites for hydroxylation is 1. The van der Waals surface area contributed by atoms with Gasteiger partial charge in [0, 0.05) is 32.5 Å². The first-order chi connectivity index (χ1) is 13.8. The molecule has 2 heterocycles. The Bertz CT molecular complexity index is 700. The normalized spacial score (nSPS) is 20.2. The molecule has 7 nitrogen and oxygen atoms in total. The second kappa shape index (κ2) is 10.3. The van der Waals surface area contributed by atoms with Crippen LogP contribution in [-0.4, -0.2) is 73.1 Å². The molecule has 2 saturated heterocycles. The first-order valence-electron chi connectivity index (χ1n) is 9.75. The molecule has 0 radical (unpaired) electrons. The maximum Gasteiger partial charge on any atom is 0.312 e. The van der Waals surface area contributed by atoms with E-state index in [-0.39, 0.29) is 30.3 Å². The number of carbonyl (C=O) groups excluding carboxylic acids is 2. The number of esters is 1. The van der Waals surface area contributed by atoms with Gasteiger partial charge in [-0.05, 0) is 51.1 Å². The van der Waals surface area contributed by atoms with E-state index in [4.69, 9.17) is 14.6 Å². The highest BCUT2D eigenvalue weighted by molar-refractivity contribution is 5.80. The lowest BCUT2D eigenvalue weighted by Gasteiger charge is -2.36. The van der Waals surface area contributed by atoms with Gasteiger partial charge in [-0.1, -0.05) is 12.1 Å². The van der Waals surface area contributed by atoms with E-state index in [2.05, 4.69) is 0 Å². The number of ether oxygens (including phenoxy) is 1. The topological polar surface area (TPSA) is 87.2 Å². The lowest BCUT2D eigenvalue weighted by molar-refractivity contribution is -0.152. The first kappa shape index (κ1) is 22.8. The van der Waals surface area contributed by atoms with Gasteiger partial charge in [0.05, 0.1) is 5.41 Å². The van der Waals surface area contributed by atoms with Gasteiger partial charge in [0.2, 0.25) is 5.91 Å². The highest BCUT2D eigenvalue weighted by Crippen LogP contribution is 2.43. The Balaban J connectivity index is 0.000000941. The molecule has 3 rings (SSSR count). The van der Waals surface area contributed by atoms with E-state index in [1.54, 1.807) is 12.1 Å². The summed E-state index contributed by atoms with van der Waals surface area (Å²) in [6.45, 7) is 1.70. The van der Waals surface area contributed by atoms with Crippen LogP contribution in [0.5, 0.6) is 0 Å². The van der Waals surface area contributed by atoms with Gasteiger partial charge in [-0.15, -0.1) is 0 Å². The summed E-state index contributed by atoms with van der Waals surface area (Å²) < 4.78 is 18.5. The fourth-order valence-corrected chi connectivity index (χ4v) is 4.00. The van der Waals surface area contributed by atoms with E-state index in [1.807, 2.05) is 23.9 Å². The summed E-state index contributed by atoms with van der Waals surface area (Å²) in [7, 11) is 3.95. The number of nitrogens with zero attached hydrogens (tertiary/aromatic N) is 2. The van der Waals surface area contributed by atoms with Crippen LogP contribution >= 0.6 is 0 Å². The third-order valence-corrected chi connectivity index (χ3v) is 5.51. The molecule has 0 aromatic heterocycles. The van der Waals surface area contributed by atoms with Crippen LogP contribution in [0.3, 0.4) is 0 Å². The summed E-state index contributed by atoms with van der Waals surface area (Å²) in [6.07, 6.45) is 3.08. The van der Waals surface area contributed by atoms with Crippen molar-refractivity contribution in [2.75, 3.05) is 33.7 Å². The lowest BCUT2D eigenvalue weighted by atomic mass is 9.76. The standard InChI is InChI=1S/C20H27FN2O3.CH2O2/c1-22(2)14-17-13-20(19(25)26-17)9-11-23(12-10-20)18(24)8-5-15-3-6-16(21)7-4-15;2-1-3/h3-4,6-7,17H,5,8-14H2,1-2H3;1H,(H,2,3). The minimum absolute atomic E-state index is 0.0433. The molecule has 0 bridgehead atoms. The zero-order valence-corrected chi connectivity index (χ0v) is 17.0. The van der Waals surface area contributed by atoms with Crippen LogP contribution in [0, 0.1) is 11.2 Å². The van der Waals surface area contributed by atoms with Crippen molar-refractivity contribution >= 4 is 18.3 Å². The van der Waals surface area contributed by atoms with Crippen LogP contribution in [0.25, 0.3) is 0 Å². The summed E-state index contributed by atoms with van der Waals surface area (Å²) >= 11 is 0. The van der Waals surface area contributed by atoms with Crippen LogP contribution in [0.4, 0.5) is 4.39 Å². The van der Waals surface area contributed by atoms with Gasteiger partial charge < -0.3 is 19.6 Å². The first-order valence-corrected chi connectivity index (χ1v) is 9.75. The molecule has 1 unspecified atom stereocenters. The van der Waals surface area contributed by atoms with Crippen molar-refractivity contribution in [2.24, 2.45) is 5.41 Å². The minimum atomic E-state index is -0.408. The fraction of sp³-hybridized carbons (Fsp3) is 0.571. The van der Waals surface area contributed by atoms with Gasteiger partial charge in [0.25, 0.3) is 6.47 Å². The van der Waals surface area contributed by atoms with Crippen molar-refractivity contribution in [1.29, 1.82) is 0 Å². The number of hydrogen-bond acceptors (Lipinski definition) is 5. The van der Waals surface area contributed by atoms with Crippen LogP contribution in [0.15, 0.2) is 24.3 Å². The number of carboxylic acid groups (broad SMARTS) is 1. The van der Waals surface area contributed by atoms with Crippen LogP contribution in [0.2, 0.25) is 0 Å². The van der Waals surface area contributed by atoms with Crippen LogP contribution in [-0.2, 0) is 25.5 Å². The lowest BCUT2D eigenvalue weighted by Crippen LogP contribution is -2.45. The molecular weight excluding hydrogens is 379 g/mol. The number of likely N-dealkylation sites (N-methyl/N-ethyl adjacent to an activating group) is 1. The zero-order valence-electron chi connectivity index (χ0n) is 17.0. The Labute approximate surface area is 170 Å². The Morgan fingerprint density at radius 3 is 2.45 bits per heavy atom. The Morgan fingerprint density at radius 1 is 1.31 bits per heavy atom. The molecule has 2 aliphatic rings. The van der Waals surface area contributed by atoms with E-state index in [9.17, 15) is 14.0 Å². The molecule has 160 valence electrons. The Hall–Kier alpha value is -2.48. The Morgan fingerprint density at radius 2 is 1.90 bits per heavy atom. The summed E-state index contributed by atoms with van der Waals surface area (Å²) in [4.78, 5) is 37.1. The van der Waals surface area contributed by atoms with Gasteiger partial charge in [0.1, 0.15) is 11.9 Å². The number of amides is 1. The van der Waals surface area contributed by atoms with Crippen molar-refractivity contribution in [3.63, 3.8) is 0 Å². The maximum atomic E-state index is 12.9. The minimum Gasteiger partial charge on any atom is -0.483 e. The van der Waals surface area contributed by atoms with Crippen molar-refractivity contribution < 1.29 is 28.6 Å². The molecule has 0 aliphatic carbocycles. The second-order valence-corrected chi connectivity index (χ2v) is 7.89. The summed E-state index contributed by atoms with van der Waals surface area (Å²) in [5.74, 6) is -0.263. The third kappa shape index (κ3) is 6.25. The number of cyclic esters (lactones) is 1. The van der Waals surface area contributed by atoms with Gasteiger partial charge in [-0.25, -0.2) is 4.39 Å². The van der Waals surface area contributed by atoms with Crippen molar-refractivity contribution in [2.45, 2.75) is 38.2 Å². The van der Waals surface area contributed by atoms with Gasteiger partial charge in [0.15, 0.2) is 0 Å². The fourth-order valence-electron chi connectivity index (χ4n) is 4.00. The molecule has 8 heteroatoms. The molecule has 29 heavy (non-hydrogen) atoms. The molecule has 1 aromatic rings. The van der Waals surface area contributed by atoms with E-state index in [0.29, 0.717) is 38.8 Å². The summed E-state index contributed by atoms with van der Waals surface area (Å²) in [5.41, 5.74) is 0.549. The number of rotatable bonds is 5. The quantitative estimate of drug-likeness (QED) is 0.592. The van der Waals surface area contributed by atoms with Crippen LogP contribution < -0.4 is 0 Å². The molecular formula is C21H29FN2O5. The molecule has 2 fully saturated rings. The maximum absolute atomic E-state index is 12.9. The predicted molar refractivity (Wildman–Crippen MR) is 105 cm³/mol. The van der Waals surface area contributed by atoms with Crippen molar-refractivity contribution in [1.82, 2.24) is 9.80 Å². The molecule has 1 atom stereocenters. The molecule has 1 N–H and O–H groups in total. The SMILES string of the molecule is CN(C)CC1CC2(CCN(C(=O)CCc3ccc(F)cc3)CC2)C(=O)O1.O=CO. The number of likely N-dealkylation sites (tertiary alicyclic amines) is 1. The smallest absolute Gasteiger partial charge is 0.312 e. The van der Waals surface area contributed by atoms with Gasteiger partial charge in [-0.2, -0.15) is 0 Å². The average molecular weight is 408 g/mol. The number of halogens is 1. The average Bonchev–Trinajstić information content (AvgIpc) is 2.96. The third-order valence-electron chi connectivity index (χ3n) is 5.51. The Kier molecular flexibility index (Phi) is 8.13. The number of benzene rings is 1. The van der Waals surface area contributed by atoms with E-state index < -0.39 is 5.41 Å². The molecule has 1 amide bonds. The number of carbonyl (C=O) groups is 3. The van der Waals surface area contributed by atoms with E-state index >= 15 is 0 Å². The molecule has 1 aromatic carbocycles. The molecule has 0 saturated carbocycles. The number of hydrogen-bond donors (Lipinski definition) is 1. The van der Waals surface area contributed by atoms with Gasteiger partial charge in [-0.3, -0.25) is 14.4 Å².